The van der Waals surface area contributed by atoms with Gasteiger partial charge in [-0.05, 0) is 18.6 Å². The van der Waals surface area contributed by atoms with Gasteiger partial charge in [-0.2, -0.15) is 0 Å². The first-order valence-corrected chi connectivity index (χ1v) is 5.48. The lowest BCUT2D eigenvalue weighted by Crippen LogP contribution is -2.08. The minimum Gasteiger partial charge on any atom is -0.462 e. The molecule has 0 bridgehead atoms. The van der Waals surface area contributed by atoms with E-state index in [0.717, 1.165) is 6.42 Å². The van der Waals surface area contributed by atoms with E-state index in [-0.39, 0.29) is 5.97 Å². The van der Waals surface area contributed by atoms with Crippen molar-refractivity contribution < 1.29 is 9.53 Å². The van der Waals surface area contributed by atoms with E-state index in [1.165, 1.54) is 0 Å². The highest BCUT2D eigenvalue weighted by atomic mass is 79.9. The fraction of sp³-hybridized carbons (Fsp3) is 0.364. The molecular weight excluding hydrogens is 244 g/mol. The maximum absolute atomic E-state index is 11.4. The molecule has 0 aliphatic rings. The van der Waals surface area contributed by atoms with Crippen molar-refractivity contribution in [2.75, 3.05) is 6.61 Å². The van der Waals surface area contributed by atoms with E-state index < -0.39 is 0 Å². The molecule has 0 radical (unpaired) electrons. The van der Waals surface area contributed by atoms with Gasteiger partial charge in [0.2, 0.25) is 0 Å². The molecule has 1 unspecified atom stereocenters. The van der Waals surface area contributed by atoms with E-state index in [2.05, 4.69) is 15.9 Å². The predicted molar refractivity (Wildman–Crippen MR) is 59.7 cm³/mol. The molecule has 1 atom stereocenters. The van der Waals surface area contributed by atoms with Crippen LogP contribution >= 0.6 is 15.9 Å². The molecule has 3 heteroatoms. The summed E-state index contributed by atoms with van der Waals surface area (Å²) in [6, 6.07) is 9.02. The van der Waals surface area contributed by atoms with E-state index >= 15 is 0 Å². The smallest absolute Gasteiger partial charge is 0.338 e. The van der Waals surface area contributed by atoms with Crippen LogP contribution < -0.4 is 0 Å². The molecule has 0 saturated carbocycles. The van der Waals surface area contributed by atoms with Gasteiger partial charge in [0.05, 0.1) is 12.2 Å². The number of halogens is 1. The summed E-state index contributed by atoms with van der Waals surface area (Å²) in [5.41, 5.74) is 0.606. The van der Waals surface area contributed by atoms with Gasteiger partial charge < -0.3 is 4.74 Å². The second-order valence-corrected chi connectivity index (χ2v) is 4.63. The number of ether oxygens (including phenoxy) is 1. The zero-order chi connectivity index (χ0) is 10.4. The largest absolute Gasteiger partial charge is 0.462 e. The predicted octanol–water partition coefficient (Wildman–Crippen LogP) is 3.02. The average molecular weight is 257 g/mol. The topological polar surface area (TPSA) is 26.3 Å². The minimum absolute atomic E-state index is 0.251. The van der Waals surface area contributed by atoms with E-state index in [4.69, 9.17) is 4.74 Å². The van der Waals surface area contributed by atoms with Crippen molar-refractivity contribution in [3.63, 3.8) is 0 Å². The highest BCUT2D eigenvalue weighted by Gasteiger charge is 2.05. The summed E-state index contributed by atoms with van der Waals surface area (Å²) < 4.78 is 5.07. The summed E-state index contributed by atoms with van der Waals surface area (Å²) >= 11 is 3.39. The van der Waals surface area contributed by atoms with Crippen LogP contribution in [-0.4, -0.2) is 17.4 Å². The maximum atomic E-state index is 11.4. The third-order valence-electron chi connectivity index (χ3n) is 1.76. The fourth-order valence-electron chi connectivity index (χ4n) is 0.972. The maximum Gasteiger partial charge on any atom is 0.338 e. The molecule has 1 aromatic rings. The molecule has 0 spiro atoms. The lowest BCUT2D eigenvalue weighted by Gasteiger charge is -2.05. The van der Waals surface area contributed by atoms with Crippen LogP contribution in [0, 0.1) is 0 Å². The van der Waals surface area contributed by atoms with Crippen LogP contribution in [0.5, 0.6) is 0 Å². The summed E-state index contributed by atoms with van der Waals surface area (Å²) in [6.07, 6.45) is 0.832. The summed E-state index contributed by atoms with van der Waals surface area (Å²) in [6.45, 7) is 2.48. The Labute approximate surface area is 92.4 Å². The van der Waals surface area contributed by atoms with E-state index in [9.17, 15) is 4.79 Å². The molecular formula is C11H13BrO2. The number of rotatable bonds is 4. The minimum atomic E-state index is -0.251. The van der Waals surface area contributed by atoms with Gasteiger partial charge in [0.1, 0.15) is 0 Å². The zero-order valence-electron chi connectivity index (χ0n) is 8.07. The van der Waals surface area contributed by atoms with Gasteiger partial charge in [0.25, 0.3) is 0 Å². The number of carbonyl (C=O) groups excluding carboxylic acids is 1. The number of hydrogen-bond acceptors (Lipinski definition) is 2. The number of alkyl halides is 1. The molecule has 14 heavy (non-hydrogen) atoms. The standard InChI is InChI=1S/C11H13BrO2/c1-9(12)7-8-14-11(13)10-5-3-2-4-6-10/h2-6,9H,7-8H2,1H3. The quantitative estimate of drug-likeness (QED) is 0.612. The van der Waals surface area contributed by atoms with Crippen LogP contribution in [0.25, 0.3) is 0 Å². The van der Waals surface area contributed by atoms with Crippen LogP contribution in [0.1, 0.15) is 23.7 Å². The zero-order valence-corrected chi connectivity index (χ0v) is 9.66. The lowest BCUT2D eigenvalue weighted by atomic mass is 10.2. The highest BCUT2D eigenvalue weighted by molar-refractivity contribution is 9.09. The van der Waals surface area contributed by atoms with Gasteiger partial charge in [-0.1, -0.05) is 41.1 Å². The lowest BCUT2D eigenvalue weighted by molar-refractivity contribution is 0.0501. The van der Waals surface area contributed by atoms with E-state index in [1.807, 2.05) is 25.1 Å². The Bertz CT molecular complexity index is 283. The molecule has 0 heterocycles. The highest BCUT2D eigenvalue weighted by Crippen LogP contribution is 2.05. The Balaban J connectivity index is 2.36. The Morgan fingerprint density at radius 3 is 2.64 bits per heavy atom. The van der Waals surface area contributed by atoms with Crippen molar-refractivity contribution in [2.45, 2.75) is 18.2 Å². The molecule has 0 N–H and O–H groups in total. The van der Waals surface area contributed by atoms with Gasteiger partial charge >= 0.3 is 5.97 Å². The van der Waals surface area contributed by atoms with Crippen LogP contribution in [0.3, 0.4) is 0 Å². The van der Waals surface area contributed by atoms with Gasteiger partial charge in [-0.25, -0.2) is 4.79 Å². The van der Waals surface area contributed by atoms with Crippen molar-refractivity contribution >= 4 is 21.9 Å². The SMILES string of the molecule is CC(Br)CCOC(=O)c1ccccc1. The molecule has 0 saturated heterocycles. The Morgan fingerprint density at radius 1 is 1.43 bits per heavy atom. The molecule has 0 amide bonds. The fourth-order valence-corrected chi connectivity index (χ4v) is 1.16. The van der Waals surface area contributed by atoms with Crippen LogP contribution in [0.2, 0.25) is 0 Å². The Hall–Kier alpha value is -0.830. The van der Waals surface area contributed by atoms with Crippen LogP contribution in [0.4, 0.5) is 0 Å². The molecule has 0 aliphatic carbocycles. The number of hydrogen-bond donors (Lipinski definition) is 0. The van der Waals surface area contributed by atoms with Gasteiger partial charge in [0.15, 0.2) is 0 Å². The summed E-state index contributed by atoms with van der Waals surface area (Å²) in [4.78, 5) is 11.8. The first kappa shape index (κ1) is 11.2. The van der Waals surface area contributed by atoms with Crippen molar-refractivity contribution in [1.82, 2.24) is 0 Å². The molecule has 1 aromatic carbocycles. The molecule has 76 valence electrons. The number of carbonyl (C=O) groups is 1. The second-order valence-electron chi connectivity index (χ2n) is 3.07. The van der Waals surface area contributed by atoms with Gasteiger partial charge in [0, 0.05) is 4.83 Å². The van der Waals surface area contributed by atoms with Crippen molar-refractivity contribution in [3.05, 3.63) is 35.9 Å². The summed E-state index contributed by atoms with van der Waals surface area (Å²) in [5, 5.41) is 0. The van der Waals surface area contributed by atoms with Crippen molar-refractivity contribution in [2.24, 2.45) is 0 Å². The average Bonchev–Trinajstić information content (AvgIpc) is 2.18. The third kappa shape index (κ3) is 3.92. The molecule has 2 nitrogen and oxygen atoms in total. The van der Waals surface area contributed by atoms with E-state index in [0.29, 0.717) is 17.0 Å². The molecule has 0 fully saturated rings. The summed E-state index contributed by atoms with van der Waals surface area (Å²) in [5.74, 6) is -0.251. The molecule has 0 aromatic heterocycles. The first-order valence-electron chi connectivity index (χ1n) is 4.56. The molecule has 0 aliphatic heterocycles. The van der Waals surface area contributed by atoms with Crippen LogP contribution in [0.15, 0.2) is 30.3 Å². The number of benzene rings is 1. The van der Waals surface area contributed by atoms with Crippen molar-refractivity contribution in [1.29, 1.82) is 0 Å². The first-order chi connectivity index (χ1) is 6.70. The Morgan fingerprint density at radius 2 is 2.07 bits per heavy atom. The van der Waals surface area contributed by atoms with Crippen molar-refractivity contribution in [3.8, 4) is 0 Å². The summed E-state index contributed by atoms with van der Waals surface area (Å²) in [7, 11) is 0. The second kappa shape index (κ2) is 5.81. The monoisotopic (exact) mass is 256 g/mol. The van der Waals surface area contributed by atoms with Gasteiger partial charge in [-0.15, -0.1) is 0 Å². The normalized spacial score (nSPS) is 12.1. The third-order valence-corrected chi connectivity index (χ3v) is 2.22. The number of esters is 1. The Kier molecular flexibility index (Phi) is 4.66. The van der Waals surface area contributed by atoms with Crippen LogP contribution in [-0.2, 0) is 4.74 Å². The van der Waals surface area contributed by atoms with E-state index in [1.54, 1.807) is 12.1 Å². The molecule has 1 rings (SSSR count). The van der Waals surface area contributed by atoms with Gasteiger partial charge in [-0.3, -0.25) is 0 Å².